The molecule has 0 fully saturated rings. The molecule has 0 bridgehead atoms. The van der Waals surface area contributed by atoms with E-state index in [1.165, 1.54) is 0 Å². The summed E-state index contributed by atoms with van der Waals surface area (Å²) in [6.45, 7) is 3.28. The van der Waals surface area contributed by atoms with Crippen molar-refractivity contribution in [2.75, 3.05) is 42.0 Å². The Labute approximate surface area is 116 Å². The van der Waals surface area contributed by atoms with Gasteiger partial charge in [0.25, 0.3) is 0 Å². The molecule has 1 aromatic rings. The predicted octanol–water partition coefficient (Wildman–Crippen LogP) is 0.0834. The highest BCUT2D eigenvalue weighted by molar-refractivity contribution is 7.99. The largest absolute Gasteiger partial charge is 0.464 e. The van der Waals surface area contributed by atoms with E-state index in [0.717, 1.165) is 24.5 Å². The Morgan fingerprint density at radius 2 is 2.05 bits per heavy atom. The molecule has 1 rings (SSSR count). The van der Waals surface area contributed by atoms with Crippen LogP contribution in [-0.2, 0) is 0 Å². The molecule has 8 nitrogen and oxygen atoms in total. The molecule has 0 spiro atoms. The molecule has 0 amide bonds. The molecule has 0 aliphatic rings. The first kappa shape index (κ1) is 15.7. The van der Waals surface area contributed by atoms with Gasteiger partial charge in [-0.25, -0.2) is 5.84 Å². The minimum absolute atomic E-state index is 0.233. The summed E-state index contributed by atoms with van der Waals surface area (Å²) in [5, 5.41) is 11.7. The fourth-order valence-electron chi connectivity index (χ4n) is 1.20. The Morgan fingerprint density at radius 3 is 2.74 bits per heavy atom. The Hall–Kier alpha value is -1.32. The predicted molar refractivity (Wildman–Crippen MR) is 76.3 cm³/mol. The van der Waals surface area contributed by atoms with E-state index in [2.05, 4.69) is 25.7 Å². The van der Waals surface area contributed by atoms with Gasteiger partial charge >= 0.3 is 6.01 Å². The van der Waals surface area contributed by atoms with Gasteiger partial charge in [-0.2, -0.15) is 26.7 Å². The summed E-state index contributed by atoms with van der Waals surface area (Å²) in [4.78, 5) is 12.1. The first-order valence-electron chi connectivity index (χ1n) is 6.08. The van der Waals surface area contributed by atoms with E-state index < -0.39 is 0 Å². The lowest BCUT2D eigenvalue weighted by atomic mass is 10.5. The molecule has 0 saturated carbocycles. The SMILES string of the molecule is CCOc1nc(NN)nc(NCCSCCCO)n1. The molecule has 0 saturated heterocycles. The van der Waals surface area contributed by atoms with E-state index in [4.69, 9.17) is 15.7 Å². The summed E-state index contributed by atoms with van der Waals surface area (Å²) in [6, 6.07) is 0.237. The van der Waals surface area contributed by atoms with Gasteiger partial charge in [0.15, 0.2) is 0 Å². The highest BCUT2D eigenvalue weighted by atomic mass is 32.2. The average molecular weight is 288 g/mol. The molecule has 9 heteroatoms. The van der Waals surface area contributed by atoms with Crippen LogP contribution in [0.5, 0.6) is 6.01 Å². The monoisotopic (exact) mass is 288 g/mol. The molecule has 1 aromatic heterocycles. The zero-order chi connectivity index (χ0) is 13.9. The number of nitrogens with two attached hydrogens (primary N) is 1. The minimum Gasteiger partial charge on any atom is -0.464 e. The molecule has 0 aliphatic carbocycles. The maximum atomic E-state index is 8.65. The van der Waals surface area contributed by atoms with Crippen LogP contribution in [0.4, 0.5) is 11.9 Å². The van der Waals surface area contributed by atoms with Crippen LogP contribution >= 0.6 is 11.8 Å². The summed E-state index contributed by atoms with van der Waals surface area (Å²) in [5.74, 6) is 7.81. The molecule has 0 atom stereocenters. The van der Waals surface area contributed by atoms with Crippen molar-refractivity contribution in [1.29, 1.82) is 0 Å². The molecular formula is C10H20N6O2S. The Balaban J connectivity index is 2.41. The van der Waals surface area contributed by atoms with Crippen molar-refractivity contribution < 1.29 is 9.84 Å². The van der Waals surface area contributed by atoms with Crippen LogP contribution in [0.3, 0.4) is 0 Å². The number of ether oxygens (including phenoxy) is 1. The maximum Gasteiger partial charge on any atom is 0.323 e. The van der Waals surface area contributed by atoms with Gasteiger partial charge in [-0.1, -0.05) is 0 Å². The second-order valence-electron chi connectivity index (χ2n) is 3.46. The molecule has 0 unspecified atom stereocenters. The van der Waals surface area contributed by atoms with Gasteiger partial charge in [-0.05, 0) is 19.1 Å². The number of hydrogen-bond donors (Lipinski definition) is 4. The van der Waals surface area contributed by atoms with Crippen LogP contribution in [0.15, 0.2) is 0 Å². The average Bonchev–Trinajstić information content (AvgIpc) is 2.43. The van der Waals surface area contributed by atoms with Gasteiger partial charge in [-0.3, -0.25) is 5.43 Å². The standard InChI is InChI=1S/C10H20N6O2S/c1-2-18-10-14-8(13-9(15-10)16-11)12-4-7-19-6-3-5-17/h17H,2-7,11H2,1H3,(H2,12,13,14,15,16). The Bertz CT molecular complexity index is 368. The number of nitrogen functional groups attached to an aromatic ring is 1. The Kier molecular flexibility index (Phi) is 7.94. The van der Waals surface area contributed by atoms with Crippen LogP contribution < -0.4 is 21.3 Å². The van der Waals surface area contributed by atoms with Crippen molar-refractivity contribution in [3.63, 3.8) is 0 Å². The molecule has 5 N–H and O–H groups in total. The second kappa shape index (κ2) is 9.59. The third-order valence-electron chi connectivity index (χ3n) is 1.99. The fraction of sp³-hybridized carbons (Fsp3) is 0.700. The Morgan fingerprint density at radius 1 is 1.26 bits per heavy atom. The lowest BCUT2D eigenvalue weighted by Crippen LogP contribution is -2.15. The lowest BCUT2D eigenvalue weighted by Gasteiger charge is -2.08. The molecule has 1 heterocycles. The third kappa shape index (κ3) is 6.41. The first-order chi connectivity index (χ1) is 9.30. The van der Waals surface area contributed by atoms with E-state index >= 15 is 0 Å². The maximum absolute atomic E-state index is 8.65. The van der Waals surface area contributed by atoms with Gasteiger partial charge in [0, 0.05) is 18.9 Å². The molecular weight excluding hydrogens is 268 g/mol. The van der Waals surface area contributed by atoms with Crippen LogP contribution in [-0.4, -0.2) is 51.3 Å². The zero-order valence-electron chi connectivity index (χ0n) is 10.9. The lowest BCUT2D eigenvalue weighted by molar-refractivity contribution is 0.296. The van der Waals surface area contributed by atoms with E-state index in [1.807, 2.05) is 6.92 Å². The first-order valence-corrected chi connectivity index (χ1v) is 7.23. The van der Waals surface area contributed by atoms with Crippen LogP contribution in [0, 0.1) is 0 Å². The molecule has 0 aliphatic heterocycles. The number of rotatable bonds is 10. The number of nitrogens with one attached hydrogen (secondary N) is 2. The van der Waals surface area contributed by atoms with Crippen LogP contribution in [0.2, 0.25) is 0 Å². The second-order valence-corrected chi connectivity index (χ2v) is 4.68. The summed E-state index contributed by atoms with van der Waals surface area (Å²) in [7, 11) is 0. The summed E-state index contributed by atoms with van der Waals surface area (Å²) >= 11 is 1.76. The molecule has 19 heavy (non-hydrogen) atoms. The molecule has 108 valence electrons. The van der Waals surface area contributed by atoms with Gasteiger partial charge in [0.05, 0.1) is 6.61 Å². The van der Waals surface area contributed by atoms with E-state index in [-0.39, 0.29) is 18.6 Å². The van der Waals surface area contributed by atoms with Crippen molar-refractivity contribution in [3.8, 4) is 6.01 Å². The highest BCUT2D eigenvalue weighted by Crippen LogP contribution is 2.10. The molecule has 0 radical (unpaired) electrons. The number of hydrogen-bond acceptors (Lipinski definition) is 9. The van der Waals surface area contributed by atoms with Crippen molar-refractivity contribution >= 4 is 23.7 Å². The number of aliphatic hydroxyl groups is 1. The van der Waals surface area contributed by atoms with Crippen molar-refractivity contribution in [2.45, 2.75) is 13.3 Å². The zero-order valence-corrected chi connectivity index (χ0v) is 11.7. The van der Waals surface area contributed by atoms with Gasteiger partial charge in [0.2, 0.25) is 11.9 Å². The van der Waals surface area contributed by atoms with E-state index in [1.54, 1.807) is 11.8 Å². The van der Waals surface area contributed by atoms with Crippen LogP contribution in [0.25, 0.3) is 0 Å². The summed E-state index contributed by atoms with van der Waals surface area (Å²) in [6.07, 6.45) is 0.812. The van der Waals surface area contributed by atoms with Crippen LogP contribution in [0.1, 0.15) is 13.3 Å². The third-order valence-corrected chi connectivity index (χ3v) is 3.06. The molecule has 0 aromatic carbocycles. The van der Waals surface area contributed by atoms with E-state index in [9.17, 15) is 0 Å². The van der Waals surface area contributed by atoms with Crippen molar-refractivity contribution in [1.82, 2.24) is 15.0 Å². The summed E-state index contributed by atoms with van der Waals surface area (Å²) < 4.78 is 5.22. The van der Waals surface area contributed by atoms with Gasteiger partial charge in [-0.15, -0.1) is 0 Å². The van der Waals surface area contributed by atoms with Gasteiger partial charge < -0.3 is 15.2 Å². The fourth-order valence-corrected chi connectivity index (χ4v) is 1.98. The number of aromatic nitrogens is 3. The minimum atomic E-state index is 0.233. The quantitative estimate of drug-likeness (QED) is 0.270. The smallest absolute Gasteiger partial charge is 0.323 e. The normalized spacial score (nSPS) is 10.3. The van der Waals surface area contributed by atoms with Gasteiger partial charge in [0.1, 0.15) is 0 Å². The number of aliphatic hydroxyl groups excluding tert-OH is 1. The summed E-state index contributed by atoms with van der Waals surface area (Å²) in [5.41, 5.74) is 2.37. The number of thioether (sulfide) groups is 1. The number of nitrogens with zero attached hydrogens (tertiary/aromatic N) is 3. The number of anilines is 2. The van der Waals surface area contributed by atoms with E-state index in [0.29, 0.717) is 12.6 Å². The van der Waals surface area contributed by atoms with Crippen molar-refractivity contribution in [3.05, 3.63) is 0 Å². The number of hydrazine groups is 1. The van der Waals surface area contributed by atoms with Crippen molar-refractivity contribution in [2.24, 2.45) is 5.84 Å². The highest BCUT2D eigenvalue weighted by Gasteiger charge is 2.05. The topological polar surface area (TPSA) is 118 Å².